The number of aryl methyl sites for hydroxylation is 4. The van der Waals surface area contributed by atoms with E-state index in [2.05, 4.69) is 106 Å². The summed E-state index contributed by atoms with van der Waals surface area (Å²) >= 11 is 0. The molecule has 0 radical (unpaired) electrons. The van der Waals surface area contributed by atoms with E-state index >= 15 is 0 Å². The fraction of sp³-hybridized carbons (Fsp3) is 0.273. The molecular formula is C66H66N4O6. The Bertz CT molecular complexity index is 3310. The number of methoxy groups -OCH3 is 2. The maximum absolute atomic E-state index is 13.7. The predicted octanol–water partition coefficient (Wildman–Crippen LogP) is 15.4. The number of nitrogens with zero attached hydrogens (tertiary/aromatic N) is 4. The standard InChI is InChI=1S/C66H66N4O6/c1-73-51-37-33-49(34-38-51)61-63-55(53-29-15-17-31-59(53)69(63)41-21-27-47-23-11-9-12-24-47)45-57(67-61)65(71)75-43-19-7-5-3-4-6-8-20-44-76-66(72)58-46-56-54-30-16-18-32-60(54)70(42-22-28-48-25-13-10-14-26-48)64(56)62(68-58)50-35-39-52(74-2)40-36-50/h9-18,23-26,29-40,45-46H,3-8,19-22,27-28,41-44H2,1-2H3. The second-order valence-corrected chi connectivity index (χ2v) is 19.6. The van der Waals surface area contributed by atoms with Crippen molar-refractivity contribution in [1.29, 1.82) is 0 Å². The Kier molecular flexibility index (Phi) is 16.8. The number of para-hydroxylation sites is 2. The lowest BCUT2D eigenvalue weighted by Crippen LogP contribution is -2.10. The van der Waals surface area contributed by atoms with E-state index in [0.717, 1.165) is 168 Å². The molecule has 6 aromatic carbocycles. The van der Waals surface area contributed by atoms with Crippen molar-refractivity contribution in [3.05, 3.63) is 192 Å². The Balaban J connectivity index is 0.711. The minimum absolute atomic E-state index is 0.306. The molecule has 0 spiro atoms. The molecular weight excluding hydrogens is 945 g/mol. The van der Waals surface area contributed by atoms with Crippen LogP contribution in [0.2, 0.25) is 0 Å². The van der Waals surface area contributed by atoms with Crippen LogP contribution in [0.3, 0.4) is 0 Å². The van der Waals surface area contributed by atoms with E-state index in [0.29, 0.717) is 24.6 Å². The zero-order valence-corrected chi connectivity index (χ0v) is 43.7. The molecule has 10 heteroatoms. The number of esters is 2. The summed E-state index contributed by atoms with van der Waals surface area (Å²) in [5.74, 6) is 0.689. The Morgan fingerprint density at radius 1 is 0.408 bits per heavy atom. The van der Waals surface area contributed by atoms with Crippen molar-refractivity contribution in [2.45, 2.75) is 90.1 Å². The summed E-state index contributed by atoms with van der Waals surface area (Å²) in [7, 11) is 3.32. The number of fused-ring (bicyclic) bond motifs is 6. The Labute approximate surface area is 445 Å². The lowest BCUT2D eigenvalue weighted by molar-refractivity contribution is 0.0481. The van der Waals surface area contributed by atoms with Crippen molar-refractivity contribution in [3.63, 3.8) is 0 Å². The van der Waals surface area contributed by atoms with Crippen LogP contribution in [0, 0.1) is 0 Å². The van der Waals surface area contributed by atoms with Crippen molar-refractivity contribution in [3.8, 4) is 34.0 Å². The summed E-state index contributed by atoms with van der Waals surface area (Å²) in [6, 6.07) is 57.5. The zero-order chi connectivity index (χ0) is 52.1. The van der Waals surface area contributed by atoms with Gasteiger partial charge in [0.05, 0.1) is 49.9 Å². The predicted molar refractivity (Wildman–Crippen MR) is 305 cm³/mol. The van der Waals surface area contributed by atoms with Crippen LogP contribution in [0.5, 0.6) is 11.5 Å². The largest absolute Gasteiger partial charge is 0.497 e. The monoisotopic (exact) mass is 1010 g/mol. The third kappa shape index (κ3) is 11.8. The maximum Gasteiger partial charge on any atom is 0.356 e. The molecule has 10 nitrogen and oxygen atoms in total. The van der Waals surface area contributed by atoms with Gasteiger partial charge in [0, 0.05) is 56.8 Å². The van der Waals surface area contributed by atoms with Gasteiger partial charge in [-0.3, -0.25) is 0 Å². The molecule has 0 fully saturated rings. The van der Waals surface area contributed by atoms with E-state index in [9.17, 15) is 9.59 Å². The van der Waals surface area contributed by atoms with E-state index in [1.165, 1.54) is 11.1 Å². The van der Waals surface area contributed by atoms with E-state index in [1.807, 2.05) is 72.8 Å². The zero-order valence-electron chi connectivity index (χ0n) is 43.7. The molecule has 0 aliphatic heterocycles. The van der Waals surface area contributed by atoms with Gasteiger partial charge in [0.25, 0.3) is 0 Å². The van der Waals surface area contributed by atoms with Crippen LogP contribution in [0.25, 0.3) is 66.1 Å². The normalized spacial score (nSPS) is 11.4. The molecule has 0 amide bonds. The van der Waals surface area contributed by atoms with E-state index in [-0.39, 0.29) is 0 Å². The fourth-order valence-corrected chi connectivity index (χ4v) is 10.6. The topological polar surface area (TPSA) is 107 Å². The van der Waals surface area contributed by atoms with Gasteiger partial charge in [-0.2, -0.15) is 0 Å². The molecule has 386 valence electrons. The fourth-order valence-electron chi connectivity index (χ4n) is 10.6. The molecule has 0 bridgehead atoms. The van der Waals surface area contributed by atoms with Gasteiger partial charge in [-0.15, -0.1) is 0 Å². The number of unbranched alkanes of at least 4 members (excludes halogenated alkanes) is 7. The highest BCUT2D eigenvalue weighted by Crippen LogP contribution is 2.39. The number of hydrogen-bond donors (Lipinski definition) is 0. The van der Waals surface area contributed by atoms with Crippen LogP contribution < -0.4 is 9.47 Å². The van der Waals surface area contributed by atoms with Crippen LogP contribution in [0.1, 0.15) is 96.3 Å². The van der Waals surface area contributed by atoms with Crippen molar-refractivity contribution in [2.24, 2.45) is 0 Å². The number of carbonyl (C=O) groups excluding carboxylic acids is 2. The first kappa shape index (κ1) is 51.3. The van der Waals surface area contributed by atoms with Gasteiger partial charge in [0.2, 0.25) is 0 Å². The maximum atomic E-state index is 13.7. The molecule has 10 rings (SSSR count). The van der Waals surface area contributed by atoms with Gasteiger partial charge in [0.1, 0.15) is 22.9 Å². The van der Waals surface area contributed by atoms with Crippen molar-refractivity contribution < 1.29 is 28.5 Å². The first-order valence-corrected chi connectivity index (χ1v) is 27.0. The second kappa shape index (κ2) is 24.9. The summed E-state index contributed by atoms with van der Waals surface area (Å²) in [5, 5.41) is 4.14. The van der Waals surface area contributed by atoms with E-state index in [4.69, 9.17) is 28.9 Å². The number of rotatable bonds is 25. The average molecular weight is 1010 g/mol. The molecule has 0 aliphatic rings. The smallest absolute Gasteiger partial charge is 0.356 e. The highest BCUT2D eigenvalue weighted by molar-refractivity contribution is 6.15. The lowest BCUT2D eigenvalue weighted by atomic mass is 10.1. The molecule has 76 heavy (non-hydrogen) atoms. The SMILES string of the molecule is COc1ccc(-c2nc(C(=O)OCCCCCCCCCCOC(=O)c3cc4c5ccccc5n(CCCc5ccccc5)c4c(-c4ccc(OC)cc4)n3)cc3c4ccccc4n(CCCc4ccccc4)c23)cc1. The summed E-state index contributed by atoms with van der Waals surface area (Å²) < 4.78 is 27.4. The Morgan fingerprint density at radius 2 is 0.776 bits per heavy atom. The summed E-state index contributed by atoms with van der Waals surface area (Å²) in [6.07, 6.45) is 11.6. The summed E-state index contributed by atoms with van der Waals surface area (Å²) in [4.78, 5) is 37.5. The number of pyridine rings is 2. The third-order valence-corrected chi connectivity index (χ3v) is 14.5. The first-order valence-electron chi connectivity index (χ1n) is 27.0. The van der Waals surface area contributed by atoms with Crippen molar-refractivity contribution in [1.82, 2.24) is 19.1 Å². The van der Waals surface area contributed by atoms with Gasteiger partial charge < -0.3 is 28.1 Å². The van der Waals surface area contributed by atoms with E-state index < -0.39 is 11.9 Å². The number of carbonyl (C=O) groups is 2. The average Bonchev–Trinajstić information content (AvgIpc) is 3.97. The minimum Gasteiger partial charge on any atom is -0.497 e. The van der Waals surface area contributed by atoms with Crippen LogP contribution in [0.4, 0.5) is 0 Å². The lowest BCUT2D eigenvalue weighted by Gasteiger charge is -2.13. The van der Waals surface area contributed by atoms with Crippen LogP contribution in [-0.2, 0) is 35.4 Å². The van der Waals surface area contributed by atoms with Gasteiger partial charge in [0.15, 0.2) is 0 Å². The molecule has 0 N–H and O–H groups in total. The molecule has 0 saturated carbocycles. The van der Waals surface area contributed by atoms with Gasteiger partial charge in [-0.05, 0) is 122 Å². The van der Waals surface area contributed by atoms with Crippen LogP contribution >= 0.6 is 0 Å². The molecule has 0 aliphatic carbocycles. The van der Waals surface area contributed by atoms with Gasteiger partial charge in [-0.1, -0.05) is 136 Å². The quantitative estimate of drug-likeness (QED) is 0.0412. The minimum atomic E-state index is -0.412. The summed E-state index contributed by atoms with van der Waals surface area (Å²) in [5.41, 5.74) is 10.8. The summed E-state index contributed by atoms with van der Waals surface area (Å²) in [6.45, 7) is 2.28. The molecule has 4 heterocycles. The first-order chi connectivity index (χ1) is 37.5. The number of ether oxygens (including phenoxy) is 4. The number of hydrogen-bond acceptors (Lipinski definition) is 8. The van der Waals surface area contributed by atoms with Crippen LogP contribution in [0.15, 0.2) is 170 Å². The van der Waals surface area contributed by atoms with Crippen molar-refractivity contribution >= 4 is 55.6 Å². The Morgan fingerprint density at radius 3 is 1.17 bits per heavy atom. The van der Waals surface area contributed by atoms with Gasteiger partial charge in [-0.25, -0.2) is 19.6 Å². The highest BCUT2D eigenvalue weighted by atomic mass is 16.5. The number of aromatic nitrogens is 4. The van der Waals surface area contributed by atoms with E-state index in [1.54, 1.807) is 14.2 Å². The second-order valence-electron chi connectivity index (χ2n) is 19.6. The van der Waals surface area contributed by atoms with Crippen molar-refractivity contribution in [2.75, 3.05) is 27.4 Å². The highest BCUT2D eigenvalue weighted by Gasteiger charge is 2.23. The molecule has 4 aromatic heterocycles. The number of benzene rings is 6. The molecule has 0 atom stereocenters. The van der Waals surface area contributed by atoms with Gasteiger partial charge >= 0.3 is 11.9 Å². The molecule has 0 saturated heterocycles. The third-order valence-electron chi connectivity index (χ3n) is 14.5. The Hall–Kier alpha value is -8.24. The molecule has 0 unspecified atom stereocenters. The van der Waals surface area contributed by atoms with Crippen LogP contribution in [-0.4, -0.2) is 58.5 Å². The molecule has 10 aromatic rings.